The number of aromatic nitrogens is 1. The molecule has 0 spiro atoms. The molecule has 0 saturated heterocycles. The van der Waals surface area contributed by atoms with Crippen molar-refractivity contribution in [3.63, 3.8) is 0 Å². The van der Waals surface area contributed by atoms with E-state index in [1.807, 2.05) is 56.3 Å². The van der Waals surface area contributed by atoms with E-state index in [1.54, 1.807) is 18.3 Å². The lowest BCUT2D eigenvalue weighted by Crippen LogP contribution is -1.94. The number of hydrogen-bond donors (Lipinski definition) is 1. The van der Waals surface area contributed by atoms with Gasteiger partial charge in [0.15, 0.2) is 17.1 Å². The van der Waals surface area contributed by atoms with Crippen LogP contribution in [0.5, 0.6) is 11.5 Å². The second-order valence-electron chi connectivity index (χ2n) is 6.57. The van der Waals surface area contributed by atoms with Crippen LogP contribution in [0.25, 0.3) is 22.6 Å². The Balaban J connectivity index is 1.65. The molecular weight excluding hydrogens is 432 g/mol. The first-order valence-corrected chi connectivity index (χ1v) is 10.00. The minimum atomic E-state index is 0.0584. The van der Waals surface area contributed by atoms with Crippen LogP contribution in [0, 0.1) is 6.92 Å². The number of rotatable bonds is 5. The van der Waals surface area contributed by atoms with Gasteiger partial charge in [-0.3, -0.25) is 4.99 Å². The summed E-state index contributed by atoms with van der Waals surface area (Å²) in [6, 6.07) is 17.1. The molecule has 0 saturated carbocycles. The third kappa shape index (κ3) is 4.17. The summed E-state index contributed by atoms with van der Waals surface area (Å²) in [5.41, 5.74) is 4.78. The predicted molar refractivity (Wildman–Crippen MR) is 118 cm³/mol. The molecule has 0 fully saturated rings. The number of aryl methyl sites for hydroxylation is 1. The molecule has 4 aromatic rings. The number of ether oxygens (including phenoxy) is 1. The second kappa shape index (κ2) is 8.09. The van der Waals surface area contributed by atoms with E-state index in [2.05, 4.69) is 25.9 Å². The molecule has 0 atom stereocenters. The number of nitrogens with zero attached hydrogens (tertiary/aromatic N) is 2. The largest absolute Gasteiger partial charge is 0.504 e. The molecule has 5 nitrogen and oxygen atoms in total. The van der Waals surface area contributed by atoms with Gasteiger partial charge in [0.1, 0.15) is 5.52 Å². The second-order valence-corrected chi connectivity index (χ2v) is 7.49. The summed E-state index contributed by atoms with van der Waals surface area (Å²) in [7, 11) is 0. The molecule has 0 radical (unpaired) electrons. The molecule has 0 bridgehead atoms. The van der Waals surface area contributed by atoms with Gasteiger partial charge in [0.25, 0.3) is 0 Å². The van der Waals surface area contributed by atoms with Crippen LogP contribution < -0.4 is 4.74 Å². The zero-order valence-electron chi connectivity index (χ0n) is 16.0. The number of phenolic OH excluding ortho intramolecular Hbond substituents is 1. The molecule has 1 heterocycles. The van der Waals surface area contributed by atoms with Crippen molar-refractivity contribution in [2.45, 2.75) is 13.8 Å². The maximum Gasteiger partial charge on any atom is 0.227 e. The fourth-order valence-electron chi connectivity index (χ4n) is 3.00. The van der Waals surface area contributed by atoms with Crippen molar-refractivity contribution in [1.82, 2.24) is 4.98 Å². The van der Waals surface area contributed by atoms with Crippen molar-refractivity contribution in [1.29, 1.82) is 0 Å². The first-order chi connectivity index (χ1) is 14.0. The highest BCUT2D eigenvalue weighted by molar-refractivity contribution is 9.10. The number of benzene rings is 3. The lowest BCUT2D eigenvalue weighted by molar-refractivity contribution is 0.317. The molecule has 1 N–H and O–H groups in total. The highest BCUT2D eigenvalue weighted by Gasteiger charge is 2.10. The topological polar surface area (TPSA) is 67.9 Å². The number of phenols is 1. The van der Waals surface area contributed by atoms with E-state index >= 15 is 0 Å². The standard InChI is InChI=1S/C23H19BrN2O3/c1-3-28-21-11-17(24)10-16(22(21)27)13-25-18-7-8-20-19(12-18)26-23(29-20)15-6-4-5-14(2)9-15/h4-13,27H,3H2,1-2H3. The lowest BCUT2D eigenvalue weighted by atomic mass is 10.1. The normalized spacial score (nSPS) is 11.4. The molecule has 4 rings (SSSR count). The van der Waals surface area contributed by atoms with Gasteiger partial charge in [0.2, 0.25) is 5.89 Å². The van der Waals surface area contributed by atoms with E-state index < -0.39 is 0 Å². The van der Waals surface area contributed by atoms with Gasteiger partial charge in [-0.1, -0.05) is 33.6 Å². The number of hydrogen-bond acceptors (Lipinski definition) is 5. The summed E-state index contributed by atoms with van der Waals surface area (Å²) in [6.45, 7) is 4.37. The zero-order valence-corrected chi connectivity index (χ0v) is 17.6. The van der Waals surface area contributed by atoms with Crippen LogP contribution in [-0.2, 0) is 0 Å². The summed E-state index contributed by atoms with van der Waals surface area (Å²) in [4.78, 5) is 9.08. The molecule has 0 aliphatic rings. The Morgan fingerprint density at radius 3 is 2.83 bits per heavy atom. The quantitative estimate of drug-likeness (QED) is 0.356. The van der Waals surface area contributed by atoms with Crippen molar-refractivity contribution < 1.29 is 14.3 Å². The Morgan fingerprint density at radius 2 is 2.03 bits per heavy atom. The van der Waals surface area contributed by atoms with Crippen LogP contribution in [0.15, 0.2) is 68.5 Å². The van der Waals surface area contributed by atoms with Gasteiger partial charge >= 0.3 is 0 Å². The Kier molecular flexibility index (Phi) is 5.36. The maximum absolute atomic E-state index is 10.4. The SMILES string of the molecule is CCOc1cc(Br)cc(C=Nc2ccc3oc(-c4cccc(C)c4)nc3c2)c1O. The number of aliphatic imine (C=N–C) groups is 1. The Hall–Kier alpha value is -3.12. The van der Waals surface area contributed by atoms with E-state index in [1.165, 1.54) is 0 Å². The smallest absolute Gasteiger partial charge is 0.227 e. The van der Waals surface area contributed by atoms with Gasteiger partial charge < -0.3 is 14.3 Å². The monoisotopic (exact) mass is 450 g/mol. The van der Waals surface area contributed by atoms with Gasteiger partial charge in [0, 0.05) is 21.8 Å². The molecule has 0 unspecified atom stereocenters. The number of aromatic hydroxyl groups is 1. The van der Waals surface area contributed by atoms with Crippen LogP contribution in [0.3, 0.4) is 0 Å². The van der Waals surface area contributed by atoms with Gasteiger partial charge in [-0.25, -0.2) is 4.98 Å². The number of oxazole rings is 1. The van der Waals surface area contributed by atoms with Crippen LogP contribution in [0.1, 0.15) is 18.1 Å². The minimum absolute atomic E-state index is 0.0584. The zero-order chi connectivity index (χ0) is 20.4. The van der Waals surface area contributed by atoms with Gasteiger partial charge in [0.05, 0.1) is 12.3 Å². The third-order valence-corrected chi connectivity index (χ3v) is 4.82. The van der Waals surface area contributed by atoms with Gasteiger partial charge in [-0.05, 0) is 56.3 Å². The van der Waals surface area contributed by atoms with Crippen LogP contribution >= 0.6 is 15.9 Å². The van der Waals surface area contributed by atoms with Gasteiger partial charge in [-0.2, -0.15) is 0 Å². The minimum Gasteiger partial charge on any atom is -0.504 e. The van der Waals surface area contributed by atoms with Crippen LogP contribution in [0.4, 0.5) is 5.69 Å². The molecule has 3 aromatic carbocycles. The first-order valence-electron chi connectivity index (χ1n) is 9.20. The Bertz CT molecular complexity index is 1210. The van der Waals surface area contributed by atoms with E-state index in [0.717, 1.165) is 21.1 Å². The van der Waals surface area contributed by atoms with E-state index in [9.17, 15) is 5.11 Å². The molecule has 1 aromatic heterocycles. The Morgan fingerprint density at radius 1 is 1.17 bits per heavy atom. The summed E-state index contributed by atoms with van der Waals surface area (Å²) >= 11 is 3.43. The van der Waals surface area contributed by atoms with Crippen molar-refractivity contribution in [2.75, 3.05) is 6.61 Å². The summed E-state index contributed by atoms with van der Waals surface area (Å²) in [5, 5.41) is 10.4. The fraction of sp³-hybridized carbons (Fsp3) is 0.130. The molecule has 6 heteroatoms. The van der Waals surface area contributed by atoms with Crippen LogP contribution in [-0.4, -0.2) is 22.9 Å². The molecule has 0 amide bonds. The highest BCUT2D eigenvalue weighted by Crippen LogP contribution is 2.33. The van der Waals surface area contributed by atoms with E-state index in [4.69, 9.17) is 9.15 Å². The number of fused-ring (bicyclic) bond motifs is 1. The predicted octanol–water partition coefficient (Wildman–Crippen LogP) is 6.42. The van der Waals surface area contributed by atoms with E-state index in [0.29, 0.717) is 35.1 Å². The average molecular weight is 451 g/mol. The molecule has 29 heavy (non-hydrogen) atoms. The average Bonchev–Trinajstić information content (AvgIpc) is 3.13. The Labute approximate surface area is 176 Å². The summed E-state index contributed by atoms with van der Waals surface area (Å²) < 4.78 is 12.1. The molecule has 0 aliphatic carbocycles. The van der Waals surface area contributed by atoms with Crippen LogP contribution in [0.2, 0.25) is 0 Å². The van der Waals surface area contributed by atoms with Crippen molar-refractivity contribution in [2.24, 2.45) is 4.99 Å². The van der Waals surface area contributed by atoms with Crippen molar-refractivity contribution >= 4 is 38.9 Å². The summed E-state index contributed by atoms with van der Waals surface area (Å²) in [6.07, 6.45) is 1.60. The fourth-order valence-corrected chi connectivity index (χ4v) is 3.45. The maximum atomic E-state index is 10.4. The van der Waals surface area contributed by atoms with Crippen molar-refractivity contribution in [3.05, 3.63) is 70.2 Å². The van der Waals surface area contributed by atoms with E-state index in [-0.39, 0.29) is 5.75 Å². The van der Waals surface area contributed by atoms with Crippen molar-refractivity contribution in [3.8, 4) is 23.0 Å². The number of halogens is 1. The van der Waals surface area contributed by atoms with Gasteiger partial charge in [-0.15, -0.1) is 0 Å². The molecular formula is C23H19BrN2O3. The third-order valence-electron chi connectivity index (χ3n) is 4.36. The summed E-state index contributed by atoms with van der Waals surface area (Å²) in [5.74, 6) is 1.05. The molecule has 146 valence electrons. The first kappa shape index (κ1) is 19.2. The highest BCUT2D eigenvalue weighted by atomic mass is 79.9. The lowest BCUT2D eigenvalue weighted by Gasteiger charge is -2.08. The molecule has 0 aliphatic heterocycles.